The van der Waals surface area contributed by atoms with Gasteiger partial charge < -0.3 is 5.11 Å². The summed E-state index contributed by atoms with van der Waals surface area (Å²) in [6, 6.07) is 24.8. The molecule has 0 bridgehead atoms. The van der Waals surface area contributed by atoms with E-state index in [2.05, 4.69) is 0 Å². The maximum atomic E-state index is 13.4. The van der Waals surface area contributed by atoms with Gasteiger partial charge in [-0.1, -0.05) is 78.4 Å². The van der Waals surface area contributed by atoms with Gasteiger partial charge in [-0.05, 0) is 24.6 Å². The third kappa shape index (κ3) is 3.52. The lowest BCUT2D eigenvalue weighted by Gasteiger charge is -2.28. The van der Waals surface area contributed by atoms with Crippen LogP contribution in [0.5, 0.6) is 0 Å². The molecule has 0 saturated carbocycles. The molecule has 0 spiro atoms. The van der Waals surface area contributed by atoms with Gasteiger partial charge in [0.1, 0.15) is 6.04 Å². The molecule has 2 aliphatic rings. The largest absolute Gasteiger partial charge is 0.361 e. The zero-order valence-electron chi connectivity index (χ0n) is 17.7. The van der Waals surface area contributed by atoms with Crippen LogP contribution in [0.3, 0.4) is 0 Å². The van der Waals surface area contributed by atoms with Crippen LogP contribution in [-0.4, -0.2) is 28.0 Å². The lowest BCUT2D eigenvalue weighted by molar-refractivity contribution is -0.303. The third-order valence-electron chi connectivity index (χ3n) is 6.17. The number of carbonyl (C=O) groups excluding carboxylic acids is 2. The molecule has 2 saturated heterocycles. The maximum absolute atomic E-state index is 13.4. The molecular formula is C26H24N2O4. The van der Waals surface area contributed by atoms with Crippen molar-refractivity contribution in [1.82, 2.24) is 5.06 Å². The Bertz CT molecular complexity index is 1130. The molecule has 0 aromatic heterocycles. The number of hydrogen-bond acceptors (Lipinski definition) is 5. The minimum atomic E-state index is -1.59. The Labute approximate surface area is 186 Å². The van der Waals surface area contributed by atoms with E-state index < -0.39 is 11.8 Å². The topological polar surface area (TPSA) is 70.1 Å². The highest BCUT2D eigenvalue weighted by atomic mass is 16.8. The Morgan fingerprint density at radius 2 is 1.50 bits per heavy atom. The number of rotatable bonds is 4. The molecule has 162 valence electrons. The number of aliphatic hydroxyl groups is 1. The second kappa shape index (κ2) is 7.98. The van der Waals surface area contributed by atoms with Gasteiger partial charge in [-0.2, -0.15) is 5.06 Å². The van der Waals surface area contributed by atoms with Gasteiger partial charge in [0, 0.05) is 12.0 Å². The van der Waals surface area contributed by atoms with Crippen molar-refractivity contribution >= 4 is 17.5 Å². The van der Waals surface area contributed by atoms with E-state index in [1.807, 2.05) is 67.6 Å². The molecule has 2 amide bonds. The molecule has 3 aromatic carbocycles. The highest BCUT2D eigenvalue weighted by Crippen LogP contribution is 2.47. The van der Waals surface area contributed by atoms with Crippen molar-refractivity contribution in [2.75, 3.05) is 4.90 Å². The number of anilines is 1. The van der Waals surface area contributed by atoms with E-state index >= 15 is 0 Å². The van der Waals surface area contributed by atoms with E-state index in [0.29, 0.717) is 11.3 Å². The first-order valence-electron chi connectivity index (χ1n) is 10.7. The first kappa shape index (κ1) is 20.6. The van der Waals surface area contributed by atoms with Crippen LogP contribution >= 0.6 is 0 Å². The molecule has 2 aliphatic heterocycles. The van der Waals surface area contributed by atoms with E-state index in [1.165, 1.54) is 9.96 Å². The predicted molar refractivity (Wildman–Crippen MR) is 119 cm³/mol. The van der Waals surface area contributed by atoms with E-state index in [1.54, 1.807) is 24.3 Å². The molecule has 3 atom stereocenters. The summed E-state index contributed by atoms with van der Waals surface area (Å²) in [6.07, 6.45) is 0.227. The third-order valence-corrected chi connectivity index (χ3v) is 6.17. The van der Waals surface area contributed by atoms with Crippen molar-refractivity contribution in [2.24, 2.45) is 0 Å². The molecule has 2 fully saturated rings. The monoisotopic (exact) mass is 428 g/mol. The number of hydrogen-bond donors (Lipinski definition) is 1. The van der Waals surface area contributed by atoms with E-state index in [-0.39, 0.29) is 30.7 Å². The van der Waals surface area contributed by atoms with Crippen molar-refractivity contribution in [3.05, 3.63) is 102 Å². The molecule has 2 heterocycles. The van der Waals surface area contributed by atoms with Crippen LogP contribution in [0.4, 0.5) is 5.69 Å². The summed E-state index contributed by atoms with van der Waals surface area (Å²) in [7, 11) is 0. The quantitative estimate of drug-likeness (QED) is 0.640. The molecule has 6 nitrogen and oxygen atoms in total. The summed E-state index contributed by atoms with van der Waals surface area (Å²) in [5.74, 6) is -2.23. The minimum Gasteiger partial charge on any atom is -0.361 e. The van der Waals surface area contributed by atoms with Crippen LogP contribution < -0.4 is 4.90 Å². The number of carbonyl (C=O) groups is 2. The highest BCUT2D eigenvalue weighted by Gasteiger charge is 2.54. The summed E-state index contributed by atoms with van der Waals surface area (Å²) < 4.78 is 0. The Hall–Kier alpha value is -3.32. The average Bonchev–Trinajstić information content (AvgIpc) is 3.33. The van der Waals surface area contributed by atoms with Gasteiger partial charge in [0.2, 0.25) is 11.7 Å². The van der Waals surface area contributed by atoms with Crippen molar-refractivity contribution in [1.29, 1.82) is 0 Å². The van der Waals surface area contributed by atoms with Crippen LogP contribution in [0.1, 0.15) is 35.6 Å². The molecule has 0 aliphatic carbocycles. The van der Waals surface area contributed by atoms with Crippen molar-refractivity contribution in [3.8, 4) is 0 Å². The van der Waals surface area contributed by atoms with Gasteiger partial charge in [0.05, 0.1) is 18.2 Å². The van der Waals surface area contributed by atoms with Gasteiger partial charge >= 0.3 is 0 Å². The van der Waals surface area contributed by atoms with Crippen molar-refractivity contribution in [2.45, 2.75) is 37.6 Å². The van der Waals surface area contributed by atoms with Crippen LogP contribution in [0.15, 0.2) is 84.9 Å². The van der Waals surface area contributed by atoms with Gasteiger partial charge in [-0.15, -0.1) is 0 Å². The van der Waals surface area contributed by atoms with Gasteiger partial charge in [-0.3, -0.25) is 14.4 Å². The molecule has 32 heavy (non-hydrogen) atoms. The lowest BCUT2D eigenvalue weighted by atomic mass is 9.94. The van der Waals surface area contributed by atoms with Gasteiger partial charge in [0.15, 0.2) is 0 Å². The Morgan fingerprint density at radius 3 is 2.16 bits per heavy atom. The summed E-state index contributed by atoms with van der Waals surface area (Å²) >= 11 is 0. The summed E-state index contributed by atoms with van der Waals surface area (Å²) in [6.45, 7) is 1.95. The minimum absolute atomic E-state index is 0.0130. The van der Waals surface area contributed by atoms with E-state index in [0.717, 1.165) is 11.1 Å². The lowest BCUT2D eigenvalue weighted by Crippen LogP contribution is -2.42. The van der Waals surface area contributed by atoms with Crippen LogP contribution in [0.25, 0.3) is 0 Å². The maximum Gasteiger partial charge on any atom is 0.254 e. The molecule has 6 heteroatoms. The van der Waals surface area contributed by atoms with Gasteiger partial charge in [-0.25, -0.2) is 4.90 Å². The Balaban J connectivity index is 1.50. The SMILES string of the molecule is Cc1ccc(N2C(=O)C[C@@H](N3O[C@@](O)(c4ccccc4)C[C@H]3c3ccccc3)C2=O)cc1. The highest BCUT2D eigenvalue weighted by molar-refractivity contribution is 6.22. The number of imide groups is 1. The normalized spacial score (nSPS) is 26.1. The summed E-state index contributed by atoms with van der Waals surface area (Å²) in [5, 5.41) is 12.9. The van der Waals surface area contributed by atoms with E-state index in [4.69, 9.17) is 4.84 Å². The van der Waals surface area contributed by atoms with Crippen molar-refractivity contribution < 1.29 is 19.5 Å². The molecule has 1 N–H and O–H groups in total. The fraction of sp³-hybridized carbons (Fsp3) is 0.231. The van der Waals surface area contributed by atoms with Crippen LogP contribution in [0, 0.1) is 6.92 Å². The predicted octanol–water partition coefficient (Wildman–Crippen LogP) is 3.85. The first-order valence-corrected chi connectivity index (χ1v) is 10.7. The molecule has 0 radical (unpaired) electrons. The van der Waals surface area contributed by atoms with Gasteiger partial charge in [0.25, 0.3) is 5.91 Å². The van der Waals surface area contributed by atoms with E-state index in [9.17, 15) is 14.7 Å². The number of aryl methyl sites for hydroxylation is 1. The average molecular weight is 428 g/mol. The van der Waals surface area contributed by atoms with Crippen LogP contribution in [-0.2, 0) is 20.2 Å². The molecule has 3 aromatic rings. The zero-order valence-corrected chi connectivity index (χ0v) is 17.7. The molecular weight excluding hydrogens is 404 g/mol. The summed E-state index contributed by atoms with van der Waals surface area (Å²) in [4.78, 5) is 33.6. The standard InChI is InChI=1S/C26H24N2O4/c1-18-12-14-21(15-13-18)27-24(29)16-22(25(27)30)28-23(19-8-4-2-5-9-19)17-26(31,32-28)20-10-6-3-7-11-20/h2-15,22-23,31H,16-17H2,1H3/t22-,23+,26-/m1/s1. The number of hydroxylamine groups is 2. The Kier molecular flexibility index (Phi) is 5.13. The van der Waals surface area contributed by atoms with Crippen molar-refractivity contribution in [3.63, 3.8) is 0 Å². The first-order chi connectivity index (χ1) is 15.5. The molecule has 0 unspecified atom stereocenters. The Morgan fingerprint density at radius 1 is 0.875 bits per heavy atom. The smallest absolute Gasteiger partial charge is 0.254 e. The van der Waals surface area contributed by atoms with Crippen LogP contribution in [0.2, 0.25) is 0 Å². The number of benzene rings is 3. The number of nitrogens with zero attached hydrogens (tertiary/aromatic N) is 2. The second-order valence-corrected chi connectivity index (χ2v) is 8.36. The second-order valence-electron chi connectivity index (χ2n) is 8.36. The fourth-order valence-corrected chi connectivity index (χ4v) is 4.50. The summed E-state index contributed by atoms with van der Waals surface area (Å²) in [5.41, 5.74) is 3.11. The molecule has 5 rings (SSSR count). The zero-order chi connectivity index (χ0) is 22.3. The number of amides is 2. The fourth-order valence-electron chi connectivity index (χ4n) is 4.50.